The highest BCUT2D eigenvalue weighted by Crippen LogP contribution is 2.20. The summed E-state index contributed by atoms with van der Waals surface area (Å²) in [7, 11) is 0. The van der Waals surface area contributed by atoms with Crippen LogP contribution in [-0.2, 0) is 0 Å². The molecule has 5 heteroatoms. The topological polar surface area (TPSA) is 45.0 Å². The van der Waals surface area contributed by atoms with Crippen LogP contribution in [0.2, 0.25) is 0 Å². The van der Waals surface area contributed by atoms with Crippen LogP contribution in [0.5, 0.6) is 5.75 Å². The Balaban J connectivity index is 2.64. The number of halogens is 2. The second-order valence-electron chi connectivity index (χ2n) is 5.08. The maximum Gasteiger partial charge on any atom is 0.162 e. The van der Waals surface area contributed by atoms with Crippen molar-refractivity contribution in [1.29, 1.82) is 5.26 Å². The van der Waals surface area contributed by atoms with Crippen molar-refractivity contribution >= 4 is 0 Å². The zero-order chi connectivity index (χ0) is 15.2. The first kappa shape index (κ1) is 16.4. The lowest BCUT2D eigenvalue weighted by Gasteiger charge is -2.27. The second kappa shape index (κ2) is 7.20. The third kappa shape index (κ3) is 4.78. The zero-order valence-electron chi connectivity index (χ0n) is 12.0. The molecule has 1 N–H and O–H groups in total. The molecule has 0 amide bonds. The van der Waals surface area contributed by atoms with Gasteiger partial charge in [0, 0.05) is 12.5 Å². The molecule has 0 bridgehead atoms. The number of nitrogens with one attached hydrogen (secondary N) is 1. The summed E-state index contributed by atoms with van der Waals surface area (Å²) in [6, 6.07) is 5.63. The van der Waals surface area contributed by atoms with E-state index in [4.69, 9.17) is 4.74 Å². The predicted molar refractivity (Wildman–Crippen MR) is 73.4 cm³/mol. The molecule has 2 atom stereocenters. The Hall–Kier alpha value is -1.67. The molecule has 0 aliphatic rings. The highest BCUT2D eigenvalue weighted by molar-refractivity contribution is 5.24. The molecule has 0 saturated heterocycles. The smallest absolute Gasteiger partial charge is 0.162 e. The molecule has 0 saturated carbocycles. The number of nitrogens with zero attached hydrogens (tertiary/aromatic N) is 1. The standard InChI is InChI=1S/C15H20F2N2O/c1-4-7-19-15(3,10-18)9-11(2)20-12-5-6-13(16)14(17)8-12/h5-6,8,11,19H,4,7,9H2,1-3H3. The van der Waals surface area contributed by atoms with E-state index in [0.29, 0.717) is 6.42 Å². The summed E-state index contributed by atoms with van der Waals surface area (Å²) in [6.45, 7) is 6.35. The average molecular weight is 282 g/mol. The van der Waals surface area contributed by atoms with E-state index in [1.165, 1.54) is 6.07 Å². The Labute approximate surface area is 118 Å². The molecule has 0 aliphatic carbocycles. The molecule has 20 heavy (non-hydrogen) atoms. The van der Waals surface area contributed by atoms with Crippen molar-refractivity contribution in [3.05, 3.63) is 29.8 Å². The Bertz CT molecular complexity index is 487. The average Bonchev–Trinajstić information content (AvgIpc) is 2.40. The van der Waals surface area contributed by atoms with Crippen molar-refractivity contribution in [1.82, 2.24) is 5.32 Å². The van der Waals surface area contributed by atoms with E-state index >= 15 is 0 Å². The van der Waals surface area contributed by atoms with Gasteiger partial charge in [0.25, 0.3) is 0 Å². The van der Waals surface area contributed by atoms with Gasteiger partial charge in [-0.15, -0.1) is 0 Å². The summed E-state index contributed by atoms with van der Waals surface area (Å²) in [5.74, 6) is -1.59. The lowest BCUT2D eigenvalue weighted by atomic mass is 9.96. The first-order valence-electron chi connectivity index (χ1n) is 6.68. The van der Waals surface area contributed by atoms with Crippen LogP contribution in [0.25, 0.3) is 0 Å². The molecule has 110 valence electrons. The summed E-state index contributed by atoms with van der Waals surface area (Å²) in [4.78, 5) is 0. The molecule has 0 radical (unpaired) electrons. The minimum atomic E-state index is -0.943. The summed E-state index contributed by atoms with van der Waals surface area (Å²) in [5.41, 5.74) is -0.700. The number of nitriles is 1. The Morgan fingerprint density at radius 2 is 2.10 bits per heavy atom. The summed E-state index contributed by atoms with van der Waals surface area (Å²) in [5, 5.41) is 12.4. The SMILES string of the molecule is CCCNC(C)(C#N)CC(C)Oc1ccc(F)c(F)c1. The Morgan fingerprint density at radius 3 is 2.65 bits per heavy atom. The van der Waals surface area contributed by atoms with Gasteiger partial charge in [0.1, 0.15) is 11.3 Å². The van der Waals surface area contributed by atoms with Crippen molar-refractivity contribution in [2.45, 2.75) is 45.3 Å². The Kier molecular flexibility index (Phi) is 5.90. The molecule has 3 nitrogen and oxygen atoms in total. The number of hydrogen-bond donors (Lipinski definition) is 1. The number of benzene rings is 1. The van der Waals surface area contributed by atoms with Gasteiger partial charge in [-0.2, -0.15) is 5.26 Å². The van der Waals surface area contributed by atoms with Gasteiger partial charge in [-0.1, -0.05) is 6.92 Å². The Morgan fingerprint density at radius 1 is 1.40 bits per heavy atom. The third-order valence-electron chi connectivity index (χ3n) is 2.94. The first-order valence-corrected chi connectivity index (χ1v) is 6.68. The summed E-state index contributed by atoms with van der Waals surface area (Å²) < 4.78 is 31.4. The van der Waals surface area contributed by atoms with Crippen molar-refractivity contribution in [2.24, 2.45) is 0 Å². The maximum atomic E-state index is 13.1. The van der Waals surface area contributed by atoms with E-state index in [2.05, 4.69) is 11.4 Å². The van der Waals surface area contributed by atoms with Crippen LogP contribution in [0.1, 0.15) is 33.6 Å². The highest BCUT2D eigenvalue weighted by atomic mass is 19.2. The van der Waals surface area contributed by atoms with Crippen molar-refractivity contribution in [3.8, 4) is 11.8 Å². The van der Waals surface area contributed by atoms with Gasteiger partial charge in [0.05, 0.1) is 12.2 Å². The fraction of sp³-hybridized carbons (Fsp3) is 0.533. The fourth-order valence-electron chi connectivity index (χ4n) is 1.96. The van der Waals surface area contributed by atoms with Crippen LogP contribution in [0.4, 0.5) is 8.78 Å². The minimum Gasteiger partial charge on any atom is -0.491 e. The van der Waals surface area contributed by atoms with Gasteiger partial charge >= 0.3 is 0 Å². The predicted octanol–water partition coefficient (Wildman–Crippen LogP) is 3.40. The molecular formula is C15H20F2N2O. The first-order chi connectivity index (χ1) is 9.40. The van der Waals surface area contributed by atoms with Crippen LogP contribution in [0, 0.1) is 23.0 Å². The van der Waals surface area contributed by atoms with E-state index in [-0.39, 0.29) is 11.9 Å². The number of hydrogen-bond acceptors (Lipinski definition) is 3. The number of rotatable bonds is 7. The van der Waals surface area contributed by atoms with Crippen molar-refractivity contribution < 1.29 is 13.5 Å². The molecule has 1 aromatic rings. The molecule has 1 rings (SSSR count). The van der Waals surface area contributed by atoms with Crippen molar-refractivity contribution in [3.63, 3.8) is 0 Å². The molecule has 0 heterocycles. The molecule has 0 fully saturated rings. The van der Waals surface area contributed by atoms with Crippen LogP contribution in [0.15, 0.2) is 18.2 Å². The van der Waals surface area contributed by atoms with Gasteiger partial charge in [-0.05, 0) is 38.9 Å². The lowest BCUT2D eigenvalue weighted by molar-refractivity contribution is 0.179. The van der Waals surface area contributed by atoms with Crippen LogP contribution in [0.3, 0.4) is 0 Å². The molecule has 2 unspecified atom stereocenters. The van der Waals surface area contributed by atoms with E-state index in [1.807, 2.05) is 6.92 Å². The monoisotopic (exact) mass is 282 g/mol. The lowest BCUT2D eigenvalue weighted by Crippen LogP contribution is -2.44. The largest absolute Gasteiger partial charge is 0.491 e. The maximum absolute atomic E-state index is 13.1. The molecule has 0 spiro atoms. The third-order valence-corrected chi connectivity index (χ3v) is 2.94. The van der Waals surface area contributed by atoms with E-state index in [1.54, 1.807) is 13.8 Å². The highest BCUT2D eigenvalue weighted by Gasteiger charge is 2.26. The molecule has 0 aliphatic heterocycles. The quantitative estimate of drug-likeness (QED) is 0.833. The van der Waals surface area contributed by atoms with E-state index in [0.717, 1.165) is 25.1 Å². The van der Waals surface area contributed by atoms with Gasteiger partial charge in [0.15, 0.2) is 11.6 Å². The molecule has 1 aromatic carbocycles. The van der Waals surface area contributed by atoms with Crippen LogP contribution < -0.4 is 10.1 Å². The zero-order valence-corrected chi connectivity index (χ0v) is 12.0. The van der Waals surface area contributed by atoms with Gasteiger partial charge in [-0.25, -0.2) is 8.78 Å². The van der Waals surface area contributed by atoms with Crippen LogP contribution >= 0.6 is 0 Å². The molecule has 0 aromatic heterocycles. The van der Waals surface area contributed by atoms with Crippen molar-refractivity contribution in [2.75, 3.05) is 6.54 Å². The minimum absolute atomic E-state index is 0.257. The summed E-state index contributed by atoms with van der Waals surface area (Å²) >= 11 is 0. The van der Waals surface area contributed by atoms with E-state index < -0.39 is 17.2 Å². The second-order valence-corrected chi connectivity index (χ2v) is 5.08. The molecular weight excluding hydrogens is 262 g/mol. The van der Waals surface area contributed by atoms with Gasteiger partial charge in [-0.3, -0.25) is 5.32 Å². The normalized spacial score (nSPS) is 15.2. The van der Waals surface area contributed by atoms with E-state index in [9.17, 15) is 14.0 Å². The van der Waals surface area contributed by atoms with Crippen LogP contribution in [-0.4, -0.2) is 18.2 Å². The van der Waals surface area contributed by atoms with Gasteiger partial charge in [0.2, 0.25) is 0 Å². The fourth-order valence-corrected chi connectivity index (χ4v) is 1.96. The summed E-state index contributed by atoms with van der Waals surface area (Å²) in [6.07, 6.45) is 1.08. The van der Waals surface area contributed by atoms with Gasteiger partial charge < -0.3 is 4.74 Å². The number of ether oxygens (including phenoxy) is 1.